The van der Waals surface area contributed by atoms with Gasteiger partial charge in [0.2, 0.25) is 0 Å². The van der Waals surface area contributed by atoms with Gasteiger partial charge in [0.05, 0.1) is 51.9 Å². The van der Waals surface area contributed by atoms with Gasteiger partial charge in [-0.15, -0.1) is 0 Å². The van der Waals surface area contributed by atoms with Crippen LogP contribution in [0.15, 0.2) is 126 Å². The maximum Gasteiger partial charge on any atom is 0.121 e. The van der Waals surface area contributed by atoms with E-state index in [4.69, 9.17) is 34.4 Å². The van der Waals surface area contributed by atoms with Crippen LogP contribution in [-0.2, 0) is 39.3 Å². The molecular formula is C97H133Br12FN12O2. The monoisotopic (exact) mass is 2460 g/mol. The highest BCUT2D eigenvalue weighted by atomic mass is 79.9. The topological polar surface area (TPSA) is 269 Å². The molecule has 27 heteroatoms. The molecule has 14 nitrogen and oxygen atoms in total. The number of hydrogen-bond acceptors (Lipinski definition) is 14. The zero-order valence-corrected chi connectivity index (χ0v) is 89.5. The summed E-state index contributed by atoms with van der Waals surface area (Å²) in [5.74, 6) is 11.2. The Morgan fingerprint density at radius 3 is 0.895 bits per heavy atom. The molecule has 0 amide bonds. The molecule has 0 aliphatic heterocycles. The van der Waals surface area contributed by atoms with E-state index >= 15 is 0 Å². The van der Waals surface area contributed by atoms with Crippen molar-refractivity contribution >= 4 is 225 Å². The number of rotatable bonds is 18. The van der Waals surface area contributed by atoms with Crippen molar-refractivity contribution in [3.05, 3.63) is 160 Å². The van der Waals surface area contributed by atoms with Crippen LogP contribution in [0.1, 0.15) is 242 Å². The van der Waals surface area contributed by atoms with Gasteiger partial charge in [-0.25, -0.2) is 4.39 Å². The van der Waals surface area contributed by atoms with Gasteiger partial charge in [-0.2, -0.15) is 0 Å². The molecule has 0 aromatic heterocycles. The fourth-order valence-corrected chi connectivity index (χ4v) is 34.7. The number of nitrogens with one attached hydrogen (secondary N) is 6. The Bertz CT molecular complexity index is 4490. The van der Waals surface area contributed by atoms with Crippen LogP contribution in [0.4, 0.5) is 38.5 Å². The maximum absolute atomic E-state index is 15.0. The van der Waals surface area contributed by atoms with Crippen LogP contribution >= 0.6 is 191 Å². The molecule has 6 aromatic carbocycles. The van der Waals surface area contributed by atoms with Crippen molar-refractivity contribution in [2.75, 3.05) is 34.4 Å². The molecule has 0 heterocycles. The third kappa shape index (κ3) is 23.6. The second-order valence-corrected chi connectivity index (χ2v) is 51.2. The number of halogens is 13. The van der Waals surface area contributed by atoms with Crippen LogP contribution in [0, 0.1) is 82.3 Å². The highest BCUT2D eigenvalue weighted by Gasteiger charge is 2.60. The summed E-state index contributed by atoms with van der Waals surface area (Å²) in [6.07, 6.45) is 33.1. The highest BCUT2D eigenvalue weighted by molar-refractivity contribution is 9.12. The molecule has 20 N–H and O–H groups in total. The number of alkyl halides is 1. The third-order valence-corrected chi connectivity index (χ3v) is 38.5. The van der Waals surface area contributed by atoms with Crippen LogP contribution in [0.25, 0.3) is 0 Å². The van der Waals surface area contributed by atoms with E-state index in [0.717, 1.165) is 259 Å². The second kappa shape index (κ2) is 42.4. The minimum Gasteiger partial charge on any atom is -0.398 e. The first-order valence-electron chi connectivity index (χ1n) is 44.8. The summed E-state index contributed by atoms with van der Waals surface area (Å²) in [5.41, 5.74) is 49.9. The molecule has 6 aromatic rings. The Morgan fingerprint density at radius 2 is 0.597 bits per heavy atom. The summed E-state index contributed by atoms with van der Waals surface area (Å²) in [4.78, 5) is 0. The van der Waals surface area contributed by atoms with E-state index in [1.54, 1.807) is 0 Å². The van der Waals surface area contributed by atoms with Gasteiger partial charge in [-0.05, 0) is 457 Å². The molecule has 0 radical (unpaired) electrons. The van der Waals surface area contributed by atoms with E-state index in [-0.39, 0.29) is 50.6 Å². The van der Waals surface area contributed by atoms with Gasteiger partial charge >= 0.3 is 0 Å². The molecule has 18 aliphatic carbocycles. The lowest BCUT2D eigenvalue weighted by Gasteiger charge is -2.61. The van der Waals surface area contributed by atoms with E-state index in [1.807, 2.05) is 54.6 Å². The smallest absolute Gasteiger partial charge is 0.121 e. The van der Waals surface area contributed by atoms with Gasteiger partial charge in [0.25, 0.3) is 0 Å². The molecular weight excluding hydrogens is 2340 g/mol. The average Bonchev–Trinajstić information content (AvgIpc) is 0.816. The van der Waals surface area contributed by atoms with Crippen molar-refractivity contribution in [2.45, 2.75) is 301 Å². The standard InChI is InChI=1S/3C18H24Br2N2.C17H21Br2FN2.2C12H16Br2N2O.2CH4/c1-17-5-11-2-12(6-17)8-18(7-11,10-17)22-9-13-3-14(19)4-15(20)16(13)21;2*1-10-12-2-11-3-13(10)8-18(6-11,7-12)22-9-14-4-15(19)5-16(20)17(14)21;18-13-4-12(15(21)14(19)5-13)8-22-17-6-9-1-10(7-17)3-11(2-9)16(17)20;2*13-8-4-7(12(15)9(14)5-8)6-16-10-2-1-3-11(10)17;;/h3-4,11-12,22H,2,5-10,21H2,1H3;2*4-5,10-13,22H,2-3,6-9,21H2,1H3;4-5,9-11,16,22H,1-3,6-8,21H2;2*4-5,10-11,16-17H,1-3,6,15H2;2*1H4/t;;;;10?,11-;10-,11-;;/m....01../s1. The predicted octanol–water partition coefficient (Wildman–Crippen LogP) is 27.1. The summed E-state index contributed by atoms with van der Waals surface area (Å²) in [6.45, 7) is 12.1. The summed E-state index contributed by atoms with van der Waals surface area (Å²) in [6, 6.07) is 24.8. The number of aliphatic hydroxyl groups is 2. The van der Waals surface area contributed by atoms with E-state index in [1.165, 1.54) is 126 Å². The van der Waals surface area contributed by atoms with Crippen LogP contribution in [0.5, 0.6) is 0 Å². The zero-order chi connectivity index (χ0) is 86.8. The van der Waals surface area contributed by atoms with Crippen molar-refractivity contribution in [3.63, 3.8) is 0 Å². The third-order valence-electron chi connectivity index (χ3n) is 31.8. The van der Waals surface area contributed by atoms with Gasteiger partial charge in [0.1, 0.15) is 6.17 Å². The summed E-state index contributed by atoms with van der Waals surface area (Å²) >= 11 is 42.1. The SMILES string of the molecule is C.C.CC12CC3CC(C1)CC(NCc1cc(Br)cc(Br)c1N)(C3)C2.CC1C2CC3CC1CC(NCc1cc(Br)cc(Br)c1N)(C3)C2.CC1C2CC3CC1CC(NCc1cc(Br)cc(Br)c1N)(C3)C2.Nc1c(Br)cc(Br)cc1CNC12CC3CC(CC(C3)C1F)C2.Nc1c(Br)cc(Br)cc1CNC1CCC[C@@H]1O.Nc1c(Br)cc(Br)cc1CN[C@@H]1CCC[C@H]1O. The Kier molecular flexibility index (Phi) is 34.5. The highest BCUT2D eigenvalue weighted by Crippen LogP contribution is 2.64. The van der Waals surface area contributed by atoms with E-state index in [2.05, 4.69) is 262 Å². The van der Waals surface area contributed by atoms with E-state index < -0.39 is 6.17 Å². The first kappa shape index (κ1) is 101. The average molecular weight is 2480 g/mol. The fraction of sp³-hybridized carbons (Fsp3) is 0.629. The Morgan fingerprint density at radius 1 is 0.331 bits per heavy atom. The number of hydrogen-bond donors (Lipinski definition) is 14. The normalized spacial score (nSPS) is 34.6. The van der Waals surface area contributed by atoms with Gasteiger partial charge < -0.3 is 76.5 Å². The molecule has 124 heavy (non-hydrogen) atoms. The van der Waals surface area contributed by atoms with E-state index in [0.29, 0.717) is 41.7 Å². The van der Waals surface area contributed by atoms with Gasteiger partial charge in [0.15, 0.2) is 0 Å². The Hall–Kier alpha value is -0.510. The minimum atomic E-state index is -0.697. The lowest BCUT2D eigenvalue weighted by molar-refractivity contribution is -0.0878. The maximum atomic E-state index is 15.0. The Labute approximate surface area is 839 Å². The van der Waals surface area contributed by atoms with Crippen LogP contribution in [0.2, 0.25) is 0 Å². The number of anilines is 6. The summed E-state index contributed by atoms with van der Waals surface area (Å²) < 4.78 is 26.9. The molecule has 13 atom stereocenters. The van der Waals surface area contributed by atoms with Crippen molar-refractivity contribution < 1.29 is 14.6 Å². The van der Waals surface area contributed by atoms with Crippen molar-refractivity contribution in [1.29, 1.82) is 0 Å². The van der Waals surface area contributed by atoms with Gasteiger partial charge in [-0.3, -0.25) is 0 Å². The van der Waals surface area contributed by atoms with Crippen molar-refractivity contribution in [2.24, 2.45) is 82.3 Å². The van der Waals surface area contributed by atoms with Crippen LogP contribution in [0.3, 0.4) is 0 Å². The molecule has 0 saturated heterocycles. The van der Waals surface area contributed by atoms with Crippen molar-refractivity contribution in [1.82, 2.24) is 31.9 Å². The molecule has 10 unspecified atom stereocenters. The number of aliphatic hydroxyl groups excluding tert-OH is 2. The van der Waals surface area contributed by atoms with E-state index in [9.17, 15) is 14.6 Å². The number of benzene rings is 6. The first-order chi connectivity index (χ1) is 57.9. The van der Waals surface area contributed by atoms with Gasteiger partial charge in [0, 0.05) is 122 Å². The Balaban J connectivity index is 0.000000128. The lowest BCUT2D eigenvalue weighted by Crippen LogP contribution is -2.65. The predicted molar refractivity (Wildman–Crippen MR) is 557 cm³/mol. The molecule has 24 rings (SSSR count). The first-order valence-corrected chi connectivity index (χ1v) is 54.3. The molecule has 18 aliphatic rings. The number of nitrogens with two attached hydrogens (primary N) is 6. The minimum absolute atomic E-state index is 0. The molecule has 18 saturated carbocycles. The number of nitrogen functional groups attached to an aromatic ring is 6. The van der Waals surface area contributed by atoms with Crippen LogP contribution < -0.4 is 66.3 Å². The molecule has 0 spiro atoms. The molecule has 684 valence electrons. The quantitative estimate of drug-likeness (QED) is 0.0357. The molecule has 16 bridgehead atoms. The summed E-state index contributed by atoms with van der Waals surface area (Å²) in [7, 11) is 0. The largest absolute Gasteiger partial charge is 0.398 e. The fourth-order valence-electron chi connectivity index (χ4n) is 26.8. The molecule has 18 fully saturated rings. The zero-order valence-electron chi connectivity index (χ0n) is 70.4. The van der Waals surface area contributed by atoms with Crippen LogP contribution in [-0.4, -0.2) is 62.8 Å². The summed E-state index contributed by atoms with van der Waals surface area (Å²) in [5, 5.41) is 41.6. The lowest BCUT2D eigenvalue weighted by atomic mass is 9.47. The van der Waals surface area contributed by atoms with Crippen molar-refractivity contribution in [3.8, 4) is 0 Å². The van der Waals surface area contributed by atoms with Gasteiger partial charge in [-0.1, -0.05) is 131 Å². The second-order valence-electron chi connectivity index (χ2n) is 40.6.